The molecule has 0 saturated heterocycles. The zero-order valence-corrected chi connectivity index (χ0v) is 24.4. The van der Waals surface area contributed by atoms with E-state index >= 15 is 0 Å². The van der Waals surface area contributed by atoms with Gasteiger partial charge in [0, 0.05) is 67.2 Å². The molecule has 189 valence electrons. The molecule has 1 aromatic heterocycles. The fourth-order valence-electron chi connectivity index (χ4n) is 4.00. The Morgan fingerprint density at radius 2 is 1.84 bits per heavy atom. The first kappa shape index (κ1) is 28.6. The third-order valence-corrected chi connectivity index (χ3v) is 6.00. The van der Waals surface area contributed by atoms with E-state index in [2.05, 4.69) is 13.0 Å². The van der Waals surface area contributed by atoms with Crippen molar-refractivity contribution < 1.29 is 56.1 Å². The SMILES string of the molecule is CCCCOc1[c-]c2oc(=O)c(CC(=O)c3ccc(OC)c(-c4cccc(OC)c4)c3)cc2cc1C.[Y]. The number of fused-ring (bicyclic) bond motifs is 1. The molecule has 37 heavy (non-hydrogen) atoms. The smallest absolute Gasteiger partial charge is 0.336 e. The fourth-order valence-corrected chi connectivity index (χ4v) is 4.00. The van der Waals surface area contributed by atoms with Gasteiger partial charge < -0.3 is 18.6 Å². The van der Waals surface area contributed by atoms with Crippen LogP contribution < -0.4 is 19.8 Å². The Morgan fingerprint density at radius 1 is 1.03 bits per heavy atom. The second kappa shape index (κ2) is 13.0. The molecule has 1 radical (unpaired) electrons. The average Bonchev–Trinajstić information content (AvgIpc) is 2.89. The zero-order chi connectivity index (χ0) is 25.7. The van der Waals surface area contributed by atoms with E-state index in [4.69, 9.17) is 18.6 Å². The van der Waals surface area contributed by atoms with E-state index < -0.39 is 5.63 Å². The summed E-state index contributed by atoms with van der Waals surface area (Å²) < 4.78 is 22.1. The summed E-state index contributed by atoms with van der Waals surface area (Å²) in [5.74, 6) is 1.71. The molecule has 3 aromatic carbocycles. The number of unbranched alkanes of at least 4 members (excludes halogenated alkanes) is 1. The van der Waals surface area contributed by atoms with Crippen molar-refractivity contribution in [1.29, 1.82) is 0 Å². The number of ether oxygens (including phenoxy) is 3. The minimum atomic E-state index is -0.558. The van der Waals surface area contributed by atoms with E-state index in [1.54, 1.807) is 38.5 Å². The van der Waals surface area contributed by atoms with E-state index in [0.717, 1.165) is 29.5 Å². The number of carbonyl (C=O) groups excluding carboxylic acids is 1. The number of rotatable bonds is 10. The molecular weight excluding hydrogens is 545 g/mol. The Labute approximate surface area is 241 Å². The maximum Gasteiger partial charge on any atom is 0.336 e. The molecule has 0 saturated carbocycles. The van der Waals surface area contributed by atoms with E-state index in [9.17, 15) is 9.59 Å². The Bertz CT molecular complexity index is 1460. The van der Waals surface area contributed by atoms with Crippen molar-refractivity contribution in [3.8, 4) is 28.4 Å². The molecule has 4 aromatic rings. The predicted octanol–water partition coefficient (Wildman–Crippen LogP) is 6.19. The quantitative estimate of drug-likeness (QED) is 0.0974. The molecule has 0 aliphatic heterocycles. The molecule has 0 aliphatic carbocycles. The Balaban J connectivity index is 0.00000380. The number of benzene rings is 3. The van der Waals surface area contributed by atoms with E-state index in [1.807, 2.05) is 37.3 Å². The van der Waals surface area contributed by atoms with E-state index in [-0.39, 0.29) is 44.9 Å². The van der Waals surface area contributed by atoms with Gasteiger partial charge in [-0.2, -0.15) is 6.07 Å². The molecule has 0 amide bonds. The number of aryl methyl sites for hydroxylation is 1. The van der Waals surface area contributed by atoms with Crippen LogP contribution in [0.4, 0.5) is 0 Å². The third kappa shape index (κ3) is 6.68. The molecule has 0 bridgehead atoms. The molecule has 4 rings (SSSR count). The van der Waals surface area contributed by atoms with Gasteiger partial charge in [0.05, 0.1) is 20.8 Å². The van der Waals surface area contributed by atoms with Gasteiger partial charge >= 0.3 is 5.63 Å². The summed E-state index contributed by atoms with van der Waals surface area (Å²) in [7, 11) is 3.19. The van der Waals surface area contributed by atoms with Gasteiger partial charge in [0.1, 0.15) is 11.5 Å². The van der Waals surface area contributed by atoms with Crippen LogP contribution in [-0.2, 0) is 39.1 Å². The molecule has 1 heterocycles. The largest absolute Gasteiger partial charge is 0.519 e. The van der Waals surface area contributed by atoms with Crippen molar-refractivity contribution in [1.82, 2.24) is 0 Å². The topological polar surface area (TPSA) is 75.0 Å². The van der Waals surface area contributed by atoms with Crippen LogP contribution in [-0.4, -0.2) is 26.6 Å². The van der Waals surface area contributed by atoms with Gasteiger partial charge in [-0.1, -0.05) is 49.9 Å². The summed E-state index contributed by atoms with van der Waals surface area (Å²) >= 11 is 0. The van der Waals surface area contributed by atoms with Crippen molar-refractivity contribution >= 4 is 16.8 Å². The number of carbonyl (C=O) groups is 1. The molecule has 0 fully saturated rings. The molecule has 0 atom stereocenters. The van der Waals surface area contributed by atoms with Crippen LogP contribution in [0.2, 0.25) is 0 Å². The Hall–Kier alpha value is -2.96. The normalized spacial score (nSPS) is 10.6. The summed E-state index contributed by atoms with van der Waals surface area (Å²) in [6.45, 7) is 4.59. The Kier molecular flexibility index (Phi) is 10.1. The van der Waals surface area contributed by atoms with E-state index in [1.165, 1.54) is 0 Å². The summed E-state index contributed by atoms with van der Waals surface area (Å²) in [6, 6.07) is 19.4. The van der Waals surface area contributed by atoms with Crippen LogP contribution in [0.3, 0.4) is 0 Å². The molecule has 6 nitrogen and oxygen atoms in total. The fraction of sp³-hybridized carbons (Fsp3) is 0.267. The Morgan fingerprint density at radius 3 is 2.57 bits per heavy atom. The summed E-state index contributed by atoms with van der Waals surface area (Å²) in [5, 5.41) is 0.699. The van der Waals surface area contributed by atoms with Gasteiger partial charge in [-0.05, 0) is 42.3 Å². The van der Waals surface area contributed by atoms with Gasteiger partial charge in [0.2, 0.25) is 0 Å². The second-order valence-corrected chi connectivity index (χ2v) is 8.57. The second-order valence-electron chi connectivity index (χ2n) is 8.57. The van der Waals surface area contributed by atoms with Gasteiger partial charge in [-0.15, -0.1) is 5.56 Å². The summed E-state index contributed by atoms with van der Waals surface area (Å²) in [4.78, 5) is 25.9. The van der Waals surface area contributed by atoms with E-state index in [0.29, 0.717) is 46.0 Å². The number of hydrogen-bond donors (Lipinski definition) is 0. The molecule has 0 unspecified atom stereocenters. The van der Waals surface area contributed by atoms with Crippen LogP contribution >= 0.6 is 0 Å². The first-order chi connectivity index (χ1) is 17.4. The maximum absolute atomic E-state index is 13.2. The van der Waals surface area contributed by atoms with Crippen molar-refractivity contribution in [2.75, 3.05) is 20.8 Å². The van der Waals surface area contributed by atoms with Crippen molar-refractivity contribution in [3.63, 3.8) is 0 Å². The number of methoxy groups -OCH3 is 2. The monoisotopic (exact) mass is 574 g/mol. The molecule has 0 N–H and O–H groups in total. The standard InChI is InChI=1S/C30H29O6.Y/c1-5-6-12-35-28-18-29-22(13-19(28)2)14-23(30(32)36-29)17-26(31)21-10-11-27(34-4)25(16-21)20-8-7-9-24(15-20)33-3;/h7-11,13-16H,5-6,12,17H2,1-4H3;/q-1;. The van der Waals surface area contributed by atoms with Gasteiger partial charge in [-0.25, -0.2) is 4.79 Å². The number of hydrogen-bond acceptors (Lipinski definition) is 6. The minimum absolute atomic E-state index is 0. The summed E-state index contributed by atoms with van der Waals surface area (Å²) in [5.41, 5.74) is 3.02. The number of Topliss-reactive ketones (excluding diaryl/α,β-unsaturated/α-hetero) is 1. The third-order valence-electron chi connectivity index (χ3n) is 6.00. The average molecular weight is 574 g/mol. The molecule has 0 aliphatic rings. The maximum atomic E-state index is 13.2. The molecule has 7 heteroatoms. The van der Waals surface area contributed by atoms with Crippen molar-refractivity contribution in [2.24, 2.45) is 0 Å². The van der Waals surface area contributed by atoms with Crippen LogP contribution in [0.25, 0.3) is 22.1 Å². The van der Waals surface area contributed by atoms with Crippen molar-refractivity contribution in [2.45, 2.75) is 33.1 Å². The molecular formula is C30H29O6Y-. The van der Waals surface area contributed by atoms with Crippen LogP contribution in [0, 0.1) is 13.0 Å². The van der Waals surface area contributed by atoms with Gasteiger partial charge in [0.15, 0.2) is 5.78 Å². The number of ketones is 1. The zero-order valence-electron chi connectivity index (χ0n) is 21.6. The first-order valence-electron chi connectivity index (χ1n) is 11.9. The van der Waals surface area contributed by atoms with Crippen molar-refractivity contribution in [3.05, 3.63) is 87.8 Å². The molecule has 0 spiro atoms. The van der Waals surface area contributed by atoms with Crippen LogP contribution in [0.1, 0.15) is 41.3 Å². The summed E-state index contributed by atoms with van der Waals surface area (Å²) in [6.07, 6.45) is 1.87. The van der Waals surface area contributed by atoms with Gasteiger partial charge in [0.25, 0.3) is 0 Å². The predicted molar refractivity (Wildman–Crippen MR) is 139 cm³/mol. The minimum Gasteiger partial charge on any atom is -0.519 e. The van der Waals surface area contributed by atoms with Crippen LogP contribution in [0.5, 0.6) is 17.2 Å². The van der Waals surface area contributed by atoms with Crippen LogP contribution in [0.15, 0.2) is 63.8 Å². The van der Waals surface area contributed by atoms with Gasteiger partial charge in [-0.3, -0.25) is 4.79 Å². The first-order valence-corrected chi connectivity index (χ1v) is 11.9.